The normalized spacial score (nSPS) is 20.9. The number of hydrogen-bond donors (Lipinski definition) is 0. The van der Waals surface area contributed by atoms with Crippen LogP contribution >= 0.6 is 0 Å². The molecule has 86 valence electrons. The topological polar surface area (TPSA) is 29.5 Å². The van der Waals surface area contributed by atoms with Gasteiger partial charge in [0.05, 0.1) is 5.60 Å². The van der Waals surface area contributed by atoms with Gasteiger partial charge in [-0.15, -0.1) is 0 Å². The van der Waals surface area contributed by atoms with E-state index in [4.69, 9.17) is 4.74 Å². The van der Waals surface area contributed by atoms with Crippen LogP contribution in [0.25, 0.3) is 0 Å². The van der Waals surface area contributed by atoms with Gasteiger partial charge >= 0.3 is 0 Å². The molecule has 1 heterocycles. The fourth-order valence-electron chi connectivity index (χ4n) is 1.67. The summed E-state index contributed by atoms with van der Waals surface area (Å²) in [4.78, 5) is 13.5. The number of hydrogen-bond acceptors (Lipinski definition) is 3. The highest BCUT2D eigenvalue weighted by molar-refractivity contribution is 5.91. The number of allylic oxidation sites excluding steroid dienone is 1. The summed E-state index contributed by atoms with van der Waals surface area (Å²) < 4.78 is 5.34. The fourth-order valence-corrected chi connectivity index (χ4v) is 1.67. The maximum atomic E-state index is 11.3. The Kier molecular flexibility index (Phi) is 4.05. The quantitative estimate of drug-likeness (QED) is 0.645. The highest BCUT2D eigenvalue weighted by Crippen LogP contribution is 2.22. The standard InChI is InChI=1S/C12H21NO2/c1-10(2)11(14)6-5-7-13-8-12(3,9-13)15-4/h5-6,10H,7-9H2,1-4H3/b6-5+. The number of methoxy groups -OCH3 is 1. The predicted octanol–water partition coefficient (Wildman–Crippen LogP) is 1.49. The van der Waals surface area contributed by atoms with Crippen LogP contribution < -0.4 is 0 Å². The summed E-state index contributed by atoms with van der Waals surface area (Å²) in [5.74, 6) is 0.298. The SMILES string of the molecule is COC1(C)CN(C/C=C/C(=O)C(C)C)C1. The summed E-state index contributed by atoms with van der Waals surface area (Å²) in [5.41, 5.74) is 0.0237. The average molecular weight is 211 g/mol. The Labute approximate surface area is 92.1 Å². The van der Waals surface area contributed by atoms with Gasteiger partial charge in [-0.1, -0.05) is 19.9 Å². The van der Waals surface area contributed by atoms with E-state index in [2.05, 4.69) is 11.8 Å². The van der Waals surface area contributed by atoms with Gasteiger partial charge in [-0.2, -0.15) is 0 Å². The number of carbonyl (C=O) groups is 1. The molecule has 0 unspecified atom stereocenters. The smallest absolute Gasteiger partial charge is 0.157 e. The number of carbonyl (C=O) groups excluding carboxylic acids is 1. The van der Waals surface area contributed by atoms with Crippen molar-refractivity contribution in [2.24, 2.45) is 5.92 Å². The number of likely N-dealkylation sites (tertiary alicyclic amines) is 1. The van der Waals surface area contributed by atoms with Gasteiger partial charge in [-0.3, -0.25) is 9.69 Å². The minimum atomic E-state index is 0.0237. The molecule has 0 N–H and O–H groups in total. The minimum Gasteiger partial charge on any atom is -0.376 e. The van der Waals surface area contributed by atoms with Crippen molar-refractivity contribution in [3.8, 4) is 0 Å². The molecule has 1 fully saturated rings. The van der Waals surface area contributed by atoms with Crippen molar-refractivity contribution in [1.82, 2.24) is 4.90 Å². The third-order valence-electron chi connectivity index (χ3n) is 2.82. The number of ether oxygens (including phenoxy) is 1. The van der Waals surface area contributed by atoms with Crippen LogP contribution in [0.3, 0.4) is 0 Å². The maximum Gasteiger partial charge on any atom is 0.157 e. The molecule has 1 aliphatic rings. The van der Waals surface area contributed by atoms with E-state index in [1.807, 2.05) is 19.9 Å². The molecule has 0 bridgehead atoms. The number of ketones is 1. The van der Waals surface area contributed by atoms with Gasteiger partial charge in [0, 0.05) is 32.7 Å². The van der Waals surface area contributed by atoms with Crippen molar-refractivity contribution in [1.29, 1.82) is 0 Å². The predicted molar refractivity (Wildman–Crippen MR) is 60.8 cm³/mol. The van der Waals surface area contributed by atoms with Crippen LogP contribution in [0.2, 0.25) is 0 Å². The number of rotatable bonds is 5. The van der Waals surface area contributed by atoms with Crippen LogP contribution in [0, 0.1) is 5.92 Å². The number of nitrogens with zero attached hydrogens (tertiary/aromatic N) is 1. The van der Waals surface area contributed by atoms with Gasteiger partial charge in [0.15, 0.2) is 5.78 Å². The lowest BCUT2D eigenvalue weighted by Crippen LogP contribution is -2.60. The highest BCUT2D eigenvalue weighted by atomic mass is 16.5. The van der Waals surface area contributed by atoms with Crippen LogP contribution in [-0.2, 0) is 9.53 Å². The zero-order chi connectivity index (χ0) is 11.5. The average Bonchev–Trinajstić information content (AvgIpc) is 2.14. The summed E-state index contributed by atoms with van der Waals surface area (Å²) in [5, 5.41) is 0. The lowest BCUT2D eigenvalue weighted by atomic mass is 9.96. The molecule has 0 spiro atoms. The van der Waals surface area contributed by atoms with Gasteiger partial charge in [0.2, 0.25) is 0 Å². The Balaban J connectivity index is 2.21. The van der Waals surface area contributed by atoms with Crippen LogP contribution in [0.1, 0.15) is 20.8 Å². The molecule has 1 saturated heterocycles. The van der Waals surface area contributed by atoms with Crippen molar-refractivity contribution < 1.29 is 9.53 Å². The molecule has 0 saturated carbocycles. The van der Waals surface area contributed by atoms with Gasteiger partial charge in [0.25, 0.3) is 0 Å². The van der Waals surface area contributed by atoms with E-state index < -0.39 is 0 Å². The third kappa shape index (κ3) is 3.43. The molecule has 1 aliphatic heterocycles. The minimum absolute atomic E-state index is 0.0237. The molecule has 0 radical (unpaired) electrons. The van der Waals surface area contributed by atoms with Crippen LogP contribution in [-0.4, -0.2) is 43.0 Å². The summed E-state index contributed by atoms with van der Waals surface area (Å²) >= 11 is 0. The molecule has 0 aromatic heterocycles. The van der Waals surface area contributed by atoms with Gasteiger partial charge in [-0.25, -0.2) is 0 Å². The molecule has 0 aromatic carbocycles. The van der Waals surface area contributed by atoms with Crippen molar-refractivity contribution in [3.05, 3.63) is 12.2 Å². The second kappa shape index (κ2) is 4.90. The van der Waals surface area contributed by atoms with E-state index in [0.29, 0.717) is 0 Å². The Morgan fingerprint density at radius 3 is 2.60 bits per heavy atom. The van der Waals surface area contributed by atoms with E-state index in [-0.39, 0.29) is 17.3 Å². The molecule has 0 atom stereocenters. The first-order valence-corrected chi connectivity index (χ1v) is 5.45. The van der Waals surface area contributed by atoms with Crippen LogP contribution in [0.15, 0.2) is 12.2 Å². The van der Waals surface area contributed by atoms with Crippen molar-refractivity contribution in [2.45, 2.75) is 26.4 Å². The molecule has 0 aliphatic carbocycles. The second-order valence-corrected chi connectivity index (χ2v) is 4.78. The van der Waals surface area contributed by atoms with Gasteiger partial charge in [-0.05, 0) is 13.0 Å². The molecular weight excluding hydrogens is 190 g/mol. The van der Waals surface area contributed by atoms with Crippen molar-refractivity contribution in [2.75, 3.05) is 26.7 Å². The molecular formula is C12H21NO2. The first-order valence-electron chi connectivity index (χ1n) is 5.45. The van der Waals surface area contributed by atoms with E-state index in [1.165, 1.54) is 0 Å². The van der Waals surface area contributed by atoms with Crippen LogP contribution in [0.4, 0.5) is 0 Å². The fraction of sp³-hybridized carbons (Fsp3) is 0.750. The van der Waals surface area contributed by atoms with E-state index in [1.54, 1.807) is 13.2 Å². The zero-order valence-electron chi connectivity index (χ0n) is 10.1. The van der Waals surface area contributed by atoms with E-state index in [0.717, 1.165) is 19.6 Å². The summed E-state index contributed by atoms with van der Waals surface area (Å²) in [7, 11) is 1.75. The molecule has 0 aromatic rings. The first kappa shape index (κ1) is 12.4. The lowest BCUT2D eigenvalue weighted by molar-refractivity contribution is -0.117. The van der Waals surface area contributed by atoms with E-state index >= 15 is 0 Å². The van der Waals surface area contributed by atoms with Gasteiger partial charge < -0.3 is 4.74 Å². The first-order chi connectivity index (χ1) is 6.97. The van der Waals surface area contributed by atoms with Crippen molar-refractivity contribution >= 4 is 5.78 Å². The van der Waals surface area contributed by atoms with E-state index in [9.17, 15) is 4.79 Å². The maximum absolute atomic E-state index is 11.3. The molecule has 3 heteroatoms. The molecule has 3 nitrogen and oxygen atoms in total. The molecule has 15 heavy (non-hydrogen) atoms. The Morgan fingerprint density at radius 1 is 1.53 bits per heavy atom. The Morgan fingerprint density at radius 2 is 2.13 bits per heavy atom. The monoisotopic (exact) mass is 211 g/mol. The Hall–Kier alpha value is -0.670. The summed E-state index contributed by atoms with van der Waals surface area (Å²) in [6.07, 6.45) is 3.63. The second-order valence-electron chi connectivity index (χ2n) is 4.78. The summed E-state index contributed by atoms with van der Waals surface area (Å²) in [6, 6.07) is 0. The van der Waals surface area contributed by atoms with Gasteiger partial charge in [0.1, 0.15) is 0 Å². The highest BCUT2D eigenvalue weighted by Gasteiger charge is 2.37. The molecule has 1 rings (SSSR count). The largest absolute Gasteiger partial charge is 0.376 e. The Bertz CT molecular complexity index is 252. The van der Waals surface area contributed by atoms with Crippen LogP contribution in [0.5, 0.6) is 0 Å². The lowest BCUT2D eigenvalue weighted by Gasteiger charge is -2.46. The summed E-state index contributed by atoms with van der Waals surface area (Å²) in [6.45, 7) is 8.67. The zero-order valence-corrected chi connectivity index (χ0v) is 10.1. The third-order valence-corrected chi connectivity index (χ3v) is 2.82. The molecule has 0 amide bonds. The van der Waals surface area contributed by atoms with Crippen molar-refractivity contribution in [3.63, 3.8) is 0 Å².